The van der Waals surface area contributed by atoms with Crippen molar-refractivity contribution in [2.24, 2.45) is 0 Å². The molecule has 0 amide bonds. The van der Waals surface area contributed by atoms with E-state index in [-0.39, 0.29) is 21.4 Å². The molecule has 0 aliphatic rings. The van der Waals surface area contributed by atoms with Crippen LogP contribution >= 0.6 is 22.7 Å². The van der Waals surface area contributed by atoms with E-state index in [0.29, 0.717) is 6.42 Å². The Morgan fingerprint density at radius 3 is 2.76 bits per heavy atom. The molecule has 0 spiro atoms. The van der Waals surface area contributed by atoms with Crippen LogP contribution in [0, 0.1) is 10.1 Å². The lowest BCUT2D eigenvalue weighted by Gasteiger charge is -2.02. The van der Waals surface area contributed by atoms with E-state index in [4.69, 9.17) is 0 Å². The van der Waals surface area contributed by atoms with E-state index in [1.165, 1.54) is 18.4 Å². The number of sulfonamides is 1. The molecule has 11 heteroatoms. The molecule has 0 fully saturated rings. The van der Waals surface area contributed by atoms with Crippen molar-refractivity contribution in [2.75, 3.05) is 18.9 Å². The molecular weight excluding hydrogens is 336 g/mol. The third-order valence-corrected chi connectivity index (χ3v) is 6.25. The molecule has 0 unspecified atom stereocenters. The summed E-state index contributed by atoms with van der Waals surface area (Å²) in [5.41, 5.74) is 2.23. The van der Waals surface area contributed by atoms with Gasteiger partial charge in [0, 0.05) is 31.5 Å². The van der Waals surface area contributed by atoms with Crippen LogP contribution in [0.5, 0.6) is 0 Å². The van der Waals surface area contributed by atoms with E-state index in [1.807, 2.05) is 5.38 Å². The molecule has 8 nitrogen and oxygen atoms in total. The Kier molecular flexibility index (Phi) is 4.88. The van der Waals surface area contributed by atoms with Gasteiger partial charge >= 0.3 is 5.69 Å². The summed E-state index contributed by atoms with van der Waals surface area (Å²) in [4.78, 5) is 14.3. The first-order valence-corrected chi connectivity index (χ1v) is 9.01. The van der Waals surface area contributed by atoms with Crippen molar-refractivity contribution in [3.8, 4) is 0 Å². The summed E-state index contributed by atoms with van der Waals surface area (Å²) in [6, 6.07) is 1.06. The van der Waals surface area contributed by atoms with E-state index in [0.717, 1.165) is 23.1 Å². The summed E-state index contributed by atoms with van der Waals surface area (Å²) < 4.78 is 26.5. The molecule has 0 atom stereocenters. The summed E-state index contributed by atoms with van der Waals surface area (Å²) in [7, 11) is -2.25. The molecule has 0 radical (unpaired) electrons. The van der Waals surface area contributed by atoms with E-state index in [9.17, 15) is 18.5 Å². The van der Waals surface area contributed by atoms with Crippen LogP contribution in [0.3, 0.4) is 0 Å². The highest BCUT2D eigenvalue weighted by Gasteiger charge is 2.25. The fraction of sp³-hybridized carbons (Fsp3) is 0.300. The van der Waals surface area contributed by atoms with Gasteiger partial charge < -0.3 is 5.32 Å². The van der Waals surface area contributed by atoms with Gasteiger partial charge in [0.05, 0.1) is 16.1 Å². The van der Waals surface area contributed by atoms with Gasteiger partial charge in [-0.2, -0.15) is 0 Å². The Labute approximate surface area is 129 Å². The van der Waals surface area contributed by atoms with Gasteiger partial charge in [0.15, 0.2) is 5.00 Å². The summed E-state index contributed by atoms with van der Waals surface area (Å²) in [5.74, 6) is 0. The molecule has 2 aromatic rings. The van der Waals surface area contributed by atoms with Gasteiger partial charge in [0.1, 0.15) is 4.21 Å². The van der Waals surface area contributed by atoms with E-state index < -0.39 is 14.9 Å². The Hall–Kier alpha value is -1.56. The molecule has 0 saturated carbocycles. The predicted molar refractivity (Wildman–Crippen MR) is 81.5 cm³/mol. The first kappa shape index (κ1) is 15.8. The van der Waals surface area contributed by atoms with Gasteiger partial charge in [-0.05, 0) is 0 Å². The third kappa shape index (κ3) is 3.75. The highest BCUT2D eigenvalue weighted by atomic mass is 32.2. The zero-order valence-electron chi connectivity index (χ0n) is 10.9. The molecule has 0 aliphatic heterocycles. The summed E-state index contributed by atoms with van der Waals surface area (Å²) in [6.07, 6.45) is 0.467. The van der Waals surface area contributed by atoms with Crippen LogP contribution in [0.25, 0.3) is 0 Å². The Bertz CT molecular complexity index is 724. The Morgan fingerprint density at radius 1 is 1.48 bits per heavy atom. The fourth-order valence-electron chi connectivity index (χ4n) is 1.55. The standard InChI is InChI=1S/C10H12N4O4S3/c1-11-10-8(14(15)16)4-9(20-10)21(17,18)13-3-2-7-5-19-6-12-7/h4-6,11,13H,2-3H2,1H3. The van der Waals surface area contributed by atoms with Crippen LogP contribution in [0.15, 0.2) is 21.2 Å². The number of thiophene rings is 1. The van der Waals surface area contributed by atoms with Crippen LogP contribution in [0.4, 0.5) is 10.7 Å². The maximum atomic E-state index is 12.1. The Balaban J connectivity index is 2.10. The Morgan fingerprint density at radius 2 is 2.24 bits per heavy atom. The lowest BCUT2D eigenvalue weighted by atomic mass is 10.3. The second kappa shape index (κ2) is 6.47. The van der Waals surface area contributed by atoms with Crippen molar-refractivity contribution in [3.05, 3.63) is 32.8 Å². The highest BCUT2D eigenvalue weighted by molar-refractivity contribution is 7.91. The van der Waals surface area contributed by atoms with Crippen molar-refractivity contribution >= 4 is 43.4 Å². The van der Waals surface area contributed by atoms with Crippen LogP contribution in [-0.2, 0) is 16.4 Å². The number of nitrogens with zero attached hydrogens (tertiary/aromatic N) is 2. The molecular formula is C10H12N4O4S3. The molecule has 0 bridgehead atoms. The predicted octanol–water partition coefficient (Wildman–Crippen LogP) is 1.68. The number of aromatic nitrogens is 1. The second-order valence-electron chi connectivity index (χ2n) is 3.91. The quantitative estimate of drug-likeness (QED) is 0.581. The molecule has 0 aromatic carbocycles. The van der Waals surface area contributed by atoms with E-state index >= 15 is 0 Å². The molecule has 2 N–H and O–H groups in total. The molecule has 21 heavy (non-hydrogen) atoms. The maximum Gasteiger partial charge on any atom is 0.304 e. The molecule has 2 rings (SSSR count). The lowest BCUT2D eigenvalue weighted by Crippen LogP contribution is -2.25. The second-order valence-corrected chi connectivity index (χ2v) is 7.68. The monoisotopic (exact) mass is 348 g/mol. The smallest absolute Gasteiger partial charge is 0.304 e. The summed E-state index contributed by atoms with van der Waals surface area (Å²) in [6.45, 7) is 0.187. The van der Waals surface area contributed by atoms with Crippen molar-refractivity contribution in [1.29, 1.82) is 0 Å². The minimum atomic E-state index is -3.76. The normalized spacial score (nSPS) is 11.5. The number of thiazole rings is 1. The fourth-order valence-corrected chi connectivity index (χ4v) is 4.50. The van der Waals surface area contributed by atoms with Crippen molar-refractivity contribution in [2.45, 2.75) is 10.6 Å². The number of hydrogen-bond donors (Lipinski definition) is 2. The SMILES string of the molecule is CNc1sc(S(=O)(=O)NCCc2cscn2)cc1[N+](=O)[O-]. The van der Waals surface area contributed by atoms with E-state index in [1.54, 1.807) is 5.51 Å². The topological polar surface area (TPSA) is 114 Å². The lowest BCUT2D eigenvalue weighted by molar-refractivity contribution is -0.383. The van der Waals surface area contributed by atoms with Crippen LogP contribution in [0.1, 0.15) is 5.69 Å². The minimum Gasteiger partial charge on any atom is -0.374 e. The summed E-state index contributed by atoms with van der Waals surface area (Å²) in [5, 5.41) is 15.5. The first-order chi connectivity index (χ1) is 9.94. The molecule has 2 heterocycles. The van der Waals surface area contributed by atoms with Crippen molar-refractivity contribution in [3.63, 3.8) is 0 Å². The highest BCUT2D eigenvalue weighted by Crippen LogP contribution is 2.36. The third-order valence-electron chi connectivity index (χ3n) is 2.54. The van der Waals surface area contributed by atoms with Gasteiger partial charge in [0.2, 0.25) is 10.0 Å². The number of anilines is 1. The average molecular weight is 348 g/mol. The van der Waals surface area contributed by atoms with Gasteiger partial charge in [0.25, 0.3) is 0 Å². The largest absolute Gasteiger partial charge is 0.374 e. The van der Waals surface area contributed by atoms with Crippen LogP contribution in [0.2, 0.25) is 0 Å². The molecule has 2 aromatic heterocycles. The first-order valence-electron chi connectivity index (χ1n) is 5.76. The van der Waals surface area contributed by atoms with Crippen molar-refractivity contribution < 1.29 is 13.3 Å². The van der Waals surface area contributed by atoms with Crippen molar-refractivity contribution in [1.82, 2.24) is 9.71 Å². The molecule has 0 aliphatic carbocycles. The minimum absolute atomic E-state index is 0.0863. The number of nitrogens with one attached hydrogen (secondary N) is 2. The van der Waals surface area contributed by atoms with Gasteiger partial charge in [-0.25, -0.2) is 18.1 Å². The zero-order chi connectivity index (χ0) is 15.5. The number of hydrogen-bond acceptors (Lipinski definition) is 8. The van der Waals surface area contributed by atoms with E-state index in [2.05, 4.69) is 15.0 Å². The average Bonchev–Trinajstić information content (AvgIpc) is 3.07. The van der Waals surface area contributed by atoms with Crippen LogP contribution in [-0.4, -0.2) is 31.9 Å². The zero-order valence-corrected chi connectivity index (χ0v) is 13.3. The molecule has 0 saturated heterocycles. The number of nitro groups is 1. The van der Waals surface area contributed by atoms with Gasteiger partial charge in [-0.3, -0.25) is 10.1 Å². The summed E-state index contributed by atoms with van der Waals surface area (Å²) >= 11 is 2.26. The number of rotatable bonds is 7. The maximum absolute atomic E-state index is 12.1. The van der Waals surface area contributed by atoms with Gasteiger partial charge in [-0.1, -0.05) is 11.3 Å². The van der Waals surface area contributed by atoms with Crippen LogP contribution < -0.4 is 10.0 Å². The molecule has 114 valence electrons. The van der Waals surface area contributed by atoms with Gasteiger partial charge in [-0.15, -0.1) is 11.3 Å².